The van der Waals surface area contributed by atoms with Gasteiger partial charge in [-0.3, -0.25) is 4.79 Å². The van der Waals surface area contributed by atoms with Gasteiger partial charge in [-0.2, -0.15) is 0 Å². The molecule has 2 rings (SSSR count). The maximum Gasteiger partial charge on any atom is 0.259 e. The Kier molecular flexibility index (Phi) is 4.02. The largest absolute Gasteiger partial charge is 0.496 e. The van der Waals surface area contributed by atoms with E-state index < -0.39 is 11.7 Å². The molecule has 0 saturated carbocycles. The Balaban J connectivity index is 2.24. The first-order valence-electron chi connectivity index (χ1n) is 5.50. The normalized spacial score (nSPS) is 10.1. The van der Waals surface area contributed by atoms with Crippen LogP contribution in [-0.4, -0.2) is 13.0 Å². The van der Waals surface area contributed by atoms with Crippen molar-refractivity contribution in [3.05, 3.63) is 58.9 Å². The fraction of sp³-hybridized carbons (Fsp3) is 0.0714. The summed E-state index contributed by atoms with van der Waals surface area (Å²) in [4.78, 5) is 12.0. The van der Waals surface area contributed by atoms with Crippen LogP contribution < -0.4 is 10.1 Å². The van der Waals surface area contributed by atoms with E-state index in [1.807, 2.05) is 0 Å². The summed E-state index contributed by atoms with van der Waals surface area (Å²) in [5, 5.41) is 3.21. The Morgan fingerprint density at radius 3 is 2.53 bits per heavy atom. The lowest BCUT2D eigenvalue weighted by atomic mass is 10.1. The third-order valence-corrected chi connectivity index (χ3v) is 2.76. The second-order valence-corrected chi connectivity index (χ2v) is 4.24. The quantitative estimate of drug-likeness (QED) is 0.929. The van der Waals surface area contributed by atoms with Crippen molar-refractivity contribution in [2.24, 2.45) is 0 Å². The standard InChI is InChI=1S/C14H11ClFNO2/c1-19-13-7-4-10(16)8-12(13)14(18)17-11-5-2-9(15)3-6-11/h2-8H,1H3,(H,17,18). The van der Waals surface area contributed by atoms with E-state index in [1.165, 1.54) is 19.2 Å². The van der Waals surface area contributed by atoms with Gasteiger partial charge in [0.15, 0.2) is 0 Å². The van der Waals surface area contributed by atoms with E-state index in [4.69, 9.17) is 16.3 Å². The molecule has 19 heavy (non-hydrogen) atoms. The number of nitrogens with one attached hydrogen (secondary N) is 1. The van der Waals surface area contributed by atoms with Crippen LogP contribution >= 0.6 is 11.6 Å². The smallest absolute Gasteiger partial charge is 0.259 e. The lowest BCUT2D eigenvalue weighted by Gasteiger charge is -2.09. The SMILES string of the molecule is COc1ccc(F)cc1C(=O)Nc1ccc(Cl)cc1. The molecule has 0 aliphatic carbocycles. The highest BCUT2D eigenvalue weighted by molar-refractivity contribution is 6.30. The first kappa shape index (κ1) is 13.4. The Hall–Kier alpha value is -2.07. The van der Waals surface area contributed by atoms with Crippen molar-refractivity contribution in [1.29, 1.82) is 0 Å². The molecule has 1 amide bonds. The van der Waals surface area contributed by atoms with Gasteiger partial charge in [0.2, 0.25) is 0 Å². The minimum Gasteiger partial charge on any atom is -0.496 e. The van der Waals surface area contributed by atoms with Gasteiger partial charge in [0.1, 0.15) is 11.6 Å². The van der Waals surface area contributed by atoms with Gasteiger partial charge in [0.05, 0.1) is 12.7 Å². The van der Waals surface area contributed by atoms with E-state index in [0.717, 1.165) is 6.07 Å². The zero-order valence-electron chi connectivity index (χ0n) is 10.1. The van der Waals surface area contributed by atoms with Crippen LogP contribution in [-0.2, 0) is 0 Å². The van der Waals surface area contributed by atoms with Crippen molar-refractivity contribution in [1.82, 2.24) is 0 Å². The first-order chi connectivity index (χ1) is 9.10. The molecule has 0 bridgehead atoms. The first-order valence-corrected chi connectivity index (χ1v) is 5.88. The van der Waals surface area contributed by atoms with Gasteiger partial charge in [-0.1, -0.05) is 11.6 Å². The van der Waals surface area contributed by atoms with Crippen LogP contribution in [0.25, 0.3) is 0 Å². The van der Waals surface area contributed by atoms with Crippen molar-refractivity contribution in [2.45, 2.75) is 0 Å². The molecule has 0 heterocycles. The number of carbonyl (C=O) groups excluding carboxylic acids is 1. The maximum absolute atomic E-state index is 13.2. The number of carbonyl (C=O) groups is 1. The summed E-state index contributed by atoms with van der Waals surface area (Å²) < 4.78 is 18.2. The van der Waals surface area contributed by atoms with Crippen molar-refractivity contribution in [3.8, 4) is 5.75 Å². The highest BCUT2D eigenvalue weighted by Crippen LogP contribution is 2.21. The summed E-state index contributed by atoms with van der Waals surface area (Å²) in [6.45, 7) is 0. The Bertz CT molecular complexity index is 599. The second kappa shape index (κ2) is 5.71. The second-order valence-electron chi connectivity index (χ2n) is 3.81. The molecule has 0 fully saturated rings. The van der Waals surface area contributed by atoms with Crippen molar-refractivity contribution >= 4 is 23.2 Å². The van der Waals surface area contributed by atoms with E-state index >= 15 is 0 Å². The van der Waals surface area contributed by atoms with E-state index in [-0.39, 0.29) is 5.56 Å². The van der Waals surface area contributed by atoms with E-state index in [1.54, 1.807) is 24.3 Å². The lowest BCUT2D eigenvalue weighted by molar-refractivity contribution is 0.102. The number of benzene rings is 2. The molecule has 98 valence electrons. The molecule has 0 aliphatic rings. The molecule has 0 saturated heterocycles. The predicted octanol–water partition coefficient (Wildman–Crippen LogP) is 3.74. The Morgan fingerprint density at radius 2 is 1.89 bits per heavy atom. The minimum absolute atomic E-state index is 0.137. The summed E-state index contributed by atoms with van der Waals surface area (Å²) in [5.74, 6) is -0.631. The third-order valence-electron chi connectivity index (χ3n) is 2.51. The van der Waals surface area contributed by atoms with Gasteiger partial charge >= 0.3 is 0 Å². The van der Waals surface area contributed by atoms with Gasteiger partial charge in [-0.25, -0.2) is 4.39 Å². The van der Waals surface area contributed by atoms with Gasteiger partial charge in [0.25, 0.3) is 5.91 Å². The van der Waals surface area contributed by atoms with Crippen LogP contribution in [0.15, 0.2) is 42.5 Å². The lowest BCUT2D eigenvalue weighted by Crippen LogP contribution is -2.13. The molecular formula is C14H11ClFNO2. The van der Waals surface area contributed by atoms with Gasteiger partial charge in [-0.15, -0.1) is 0 Å². The molecule has 2 aromatic carbocycles. The zero-order valence-corrected chi connectivity index (χ0v) is 10.9. The molecule has 2 aromatic rings. The van der Waals surface area contributed by atoms with Gasteiger partial charge in [-0.05, 0) is 42.5 Å². The number of rotatable bonds is 3. The average Bonchev–Trinajstić information content (AvgIpc) is 2.41. The number of halogens is 2. The highest BCUT2D eigenvalue weighted by Gasteiger charge is 2.13. The summed E-state index contributed by atoms with van der Waals surface area (Å²) >= 11 is 5.75. The van der Waals surface area contributed by atoms with Gasteiger partial charge < -0.3 is 10.1 Å². The fourth-order valence-corrected chi connectivity index (χ4v) is 1.72. The van der Waals surface area contributed by atoms with Crippen molar-refractivity contribution in [2.75, 3.05) is 12.4 Å². The van der Waals surface area contributed by atoms with Crippen LogP contribution in [0.4, 0.5) is 10.1 Å². The summed E-state index contributed by atoms with van der Waals surface area (Å²) in [7, 11) is 1.42. The number of hydrogen-bond donors (Lipinski definition) is 1. The Morgan fingerprint density at radius 1 is 1.21 bits per heavy atom. The predicted molar refractivity (Wildman–Crippen MR) is 72.4 cm³/mol. The minimum atomic E-state index is -0.498. The van der Waals surface area contributed by atoms with E-state index in [9.17, 15) is 9.18 Å². The topological polar surface area (TPSA) is 38.3 Å². The van der Waals surface area contributed by atoms with E-state index in [0.29, 0.717) is 16.5 Å². The van der Waals surface area contributed by atoms with Crippen LogP contribution in [0.3, 0.4) is 0 Å². The maximum atomic E-state index is 13.2. The molecule has 0 unspecified atom stereocenters. The molecule has 0 atom stereocenters. The van der Waals surface area contributed by atoms with Crippen molar-refractivity contribution < 1.29 is 13.9 Å². The number of hydrogen-bond acceptors (Lipinski definition) is 2. The summed E-state index contributed by atoms with van der Waals surface area (Å²) in [6, 6.07) is 10.4. The number of anilines is 1. The summed E-state index contributed by atoms with van der Waals surface area (Å²) in [5.41, 5.74) is 0.707. The molecule has 0 spiro atoms. The number of ether oxygens (including phenoxy) is 1. The monoisotopic (exact) mass is 279 g/mol. The zero-order chi connectivity index (χ0) is 13.8. The molecular weight excluding hydrogens is 269 g/mol. The molecule has 5 heteroatoms. The van der Waals surface area contributed by atoms with E-state index in [2.05, 4.69) is 5.32 Å². The molecule has 0 aromatic heterocycles. The number of amides is 1. The third kappa shape index (κ3) is 3.23. The molecule has 3 nitrogen and oxygen atoms in total. The van der Waals surface area contributed by atoms with Gasteiger partial charge in [0, 0.05) is 10.7 Å². The Labute approximate surface area is 115 Å². The fourth-order valence-electron chi connectivity index (χ4n) is 1.59. The van der Waals surface area contributed by atoms with Crippen LogP contribution in [0, 0.1) is 5.82 Å². The highest BCUT2D eigenvalue weighted by atomic mass is 35.5. The summed E-state index contributed by atoms with van der Waals surface area (Å²) in [6.07, 6.45) is 0. The molecule has 0 radical (unpaired) electrons. The van der Waals surface area contributed by atoms with Crippen LogP contribution in [0.1, 0.15) is 10.4 Å². The molecule has 0 aliphatic heterocycles. The number of methoxy groups -OCH3 is 1. The molecule has 1 N–H and O–H groups in total. The van der Waals surface area contributed by atoms with Crippen LogP contribution in [0.2, 0.25) is 5.02 Å². The van der Waals surface area contributed by atoms with Crippen molar-refractivity contribution in [3.63, 3.8) is 0 Å². The van der Waals surface area contributed by atoms with Crippen LogP contribution in [0.5, 0.6) is 5.75 Å². The average molecular weight is 280 g/mol.